The number of carbonyl (C=O) groups excluding carboxylic acids is 1. The largest absolute Gasteiger partial charge is 0.496 e. The third-order valence-electron chi connectivity index (χ3n) is 3.95. The fourth-order valence-electron chi connectivity index (χ4n) is 2.68. The van der Waals surface area contributed by atoms with Crippen LogP contribution in [-0.2, 0) is 4.79 Å². The lowest BCUT2D eigenvalue weighted by Crippen LogP contribution is -2.02. The van der Waals surface area contributed by atoms with E-state index in [-0.39, 0.29) is 11.3 Å². The van der Waals surface area contributed by atoms with Crippen molar-refractivity contribution in [3.8, 4) is 22.8 Å². The van der Waals surface area contributed by atoms with Gasteiger partial charge >= 0.3 is 0 Å². The number of aromatic nitrogens is 2. The van der Waals surface area contributed by atoms with Gasteiger partial charge in [0.2, 0.25) is 6.41 Å². The van der Waals surface area contributed by atoms with Crippen LogP contribution in [0.2, 0.25) is 0 Å². The minimum atomic E-state index is -1.01. The van der Waals surface area contributed by atoms with E-state index < -0.39 is 11.6 Å². The molecule has 1 aromatic heterocycles. The van der Waals surface area contributed by atoms with E-state index in [9.17, 15) is 13.6 Å². The van der Waals surface area contributed by atoms with Crippen LogP contribution < -0.4 is 20.1 Å². The lowest BCUT2D eigenvalue weighted by Gasteiger charge is -2.13. The average Bonchev–Trinajstić information content (AvgIpc) is 2.72. The van der Waals surface area contributed by atoms with E-state index in [0.717, 1.165) is 12.1 Å². The fraction of sp³-hybridized carbons (Fsp3) is 0.150. The molecule has 0 aliphatic rings. The Kier molecular flexibility index (Phi) is 6.18. The van der Waals surface area contributed by atoms with Gasteiger partial charge in [0, 0.05) is 23.4 Å². The quantitative estimate of drug-likeness (QED) is 0.553. The van der Waals surface area contributed by atoms with Crippen LogP contribution in [0.1, 0.15) is 6.92 Å². The first-order chi connectivity index (χ1) is 14.0. The summed E-state index contributed by atoms with van der Waals surface area (Å²) in [5, 5.41) is 5.65. The van der Waals surface area contributed by atoms with Gasteiger partial charge in [0.25, 0.3) is 0 Å². The van der Waals surface area contributed by atoms with Gasteiger partial charge in [0.1, 0.15) is 23.6 Å². The van der Waals surface area contributed by atoms with Gasteiger partial charge in [-0.15, -0.1) is 0 Å². The van der Waals surface area contributed by atoms with Gasteiger partial charge in [-0.25, -0.2) is 18.7 Å². The summed E-state index contributed by atoms with van der Waals surface area (Å²) < 4.78 is 37.8. The molecule has 1 heterocycles. The molecule has 3 rings (SSSR count). The lowest BCUT2D eigenvalue weighted by molar-refractivity contribution is -0.105. The maximum Gasteiger partial charge on any atom is 0.211 e. The molecule has 0 spiro atoms. The van der Waals surface area contributed by atoms with E-state index in [1.807, 2.05) is 6.92 Å². The molecule has 2 N–H and O–H groups in total. The molecule has 3 aromatic rings. The number of benzene rings is 2. The number of hydrogen-bond donors (Lipinski definition) is 2. The SMILES string of the molecule is CCOc1ccc(Nc2cc(-c3cc(F)c(F)cc3OC)ncn2)cc1NC=O. The molecule has 2 aromatic carbocycles. The number of methoxy groups -OCH3 is 1. The van der Waals surface area contributed by atoms with Gasteiger partial charge in [-0.3, -0.25) is 4.79 Å². The summed E-state index contributed by atoms with van der Waals surface area (Å²) in [7, 11) is 1.36. The van der Waals surface area contributed by atoms with Gasteiger partial charge in [-0.05, 0) is 31.2 Å². The fourth-order valence-corrected chi connectivity index (χ4v) is 2.68. The van der Waals surface area contributed by atoms with Crippen LogP contribution >= 0.6 is 0 Å². The van der Waals surface area contributed by atoms with Crippen molar-refractivity contribution in [3.05, 3.63) is 54.4 Å². The maximum absolute atomic E-state index is 13.7. The highest BCUT2D eigenvalue weighted by atomic mass is 19.2. The Labute approximate surface area is 165 Å². The molecule has 0 fully saturated rings. The number of nitrogens with one attached hydrogen (secondary N) is 2. The van der Waals surface area contributed by atoms with Crippen molar-refractivity contribution < 1.29 is 23.0 Å². The van der Waals surface area contributed by atoms with Crippen LogP contribution in [0.4, 0.5) is 26.0 Å². The summed E-state index contributed by atoms with van der Waals surface area (Å²) in [6.07, 6.45) is 1.84. The Morgan fingerprint density at radius 1 is 1.07 bits per heavy atom. The average molecular weight is 400 g/mol. The Bertz CT molecular complexity index is 1030. The maximum atomic E-state index is 13.7. The molecule has 0 unspecified atom stereocenters. The number of rotatable bonds is 8. The van der Waals surface area contributed by atoms with E-state index in [2.05, 4.69) is 20.6 Å². The monoisotopic (exact) mass is 400 g/mol. The van der Waals surface area contributed by atoms with Gasteiger partial charge in [0.05, 0.1) is 25.1 Å². The highest BCUT2D eigenvalue weighted by Crippen LogP contribution is 2.33. The first kappa shape index (κ1) is 20.0. The van der Waals surface area contributed by atoms with Crippen LogP contribution in [0.3, 0.4) is 0 Å². The minimum Gasteiger partial charge on any atom is -0.496 e. The van der Waals surface area contributed by atoms with Gasteiger partial charge in [-0.1, -0.05) is 0 Å². The van der Waals surface area contributed by atoms with Crippen LogP contribution in [0.15, 0.2) is 42.7 Å². The zero-order valence-corrected chi connectivity index (χ0v) is 15.7. The first-order valence-corrected chi connectivity index (χ1v) is 8.65. The third kappa shape index (κ3) is 4.57. The van der Waals surface area contributed by atoms with Crippen molar-refractivity contribution in [1.82, 2.24) is 9.97 Å². The van der Waals surface area contributed by atoms with Crippen molar-refractivity contribution in [2.45, 2.75) is 6.92 Å². The number of hydrogen-bond acceptors (Lipinski definition) is 6. The molecule has 0 aliphatic heterocycles. The second-order valence-corrected chi connectivity index (χ2v) is 5.79. The summed E-state index contributed by atoms with van der Waals surface area (Å²) in [5.41, 5.74) is 1.74. The van der Waals surface area contributed by atoms with Gasteiger partial charge in [0.15, 0.2) is 11.6 Å². The van der Waals surface area contributed by atoms with Crippen LogP contribution in [-0.4, -0.2) is 30.1 Å². The molecule has 150 valence electrons. The highest BCUT2D eigenvalue weighted by Gasteiger charge is 2.14. The predicted octanol–water partition coefficient (Wildman–Crippen LogP) is 4.14. The van der Waals surface area contributed by atoms with E-state index in [0.29, 0.717) is 41.7 Å². The number of anilines is 3. The molecular weight excluding hydrogens is 382 g/mol. The van der Waals surface area contributed by atoms with Gasteiger partial charge < -0.3 is 20.1 Å². The summed E-state index contributed by atoms with van der Waals surface area (Å²) in [6.45, 7) is 2.29. The molecule has 1 amide bonds. The van der Waals surface area contributed by atoms with Crippen molar-refractivity contribution in [2.75, 3.05) is 24.4 Å². The van der Waals surface area contributed by atoms with Crippen molar-refractivity contribution >= 4 is 23.6 Å². The molecule has 7 nitrogen and oxygen atoms in total. The Morgan fingerprint density at radius 2 is 1.86 bits per heavy atom. The predicted molar refractivity (Wildman–Crippen MR) is 105 cm³/mol. The smallest absolute Gasteiger partial charge is 0.211 e. The molecular formula is C20H18F2N4O3. The first-order valence-electron chi connectivity index (χ1n) is 8.65. The normalized spacial score (nSPS) is 10.3. The van der Waals surface area contributed by atoms with E-state index in [1.165, 1.54) is 13.4 Å². The molecule has 0 bridgehead atoms. The van der Waals surface area contributed by atoms with Gasteiger partial charge in [-0.2, -0.15) is 0 Å². The van der Waals surface area contributed by atoms with Crippen molar-refractivity contribution in [2.24, 2.45) is 0 Å². The lowest BCUT2D eigenvalue weighted by atomic mass is 10.1. The third-order valence-corrected chi connectivity index (χ3v) is 3.95. The molecule has 29 heavy (non-hydrogen) atoms. The summed E-state index contributed by atoms with van der Waals surface area (Å²) in [5.74, 6) is -0.942. The van der Waals surface area contributed by atoms with E-state index >= 15 is 0 Å². The summed E-state index contributed by atoms with van der Waals surface area (Å²) in [6, 6.07) is 8.68. The number of halogens is 2. The molecule has 0 aliphatic carbocycles. The van der Waals surface area contributed by atoms with Crippen molar-refractivity contribution in [3.63, 3.8) is 0 Å². The number of carbonyl (C=O) groups is 1. The van der Waals surface area contributed by atoms with Crippen LogP contribution in [0.5, 0.6) is 11.5 Å². The highest BCUT2D eigenvalue weighted by molar-refractivity contribution is 5.79. The second-order valence-electron chi connectivity index (χ2n) is 5.79. The van der Waals surface area contributed by atoms with Crippen LogP contribution in [0, 0.1) is 11.6 Å². The Hall–Kier alpha value is -3.75. The van der Waals surface area contributed by atoms with Crippen molar-refractivity contribution in [1.29, 1.82) is 0 Å². The molecule has 0 saturated carbocycles. The number of ether oxygens (including phenoxy) is 2. The zero-order chi connectivity index (χ0) is 20.8. The summed E-state index contributed by atoms with van der Waals surface area (Å²) in [4.78, 5) is 19.1. The Balaban J connectivity index is 1.92. The van der Waals surface area contributed by atoms with Crippen LogP contribution in [0.25, 0.3) is 11.3 Å². The topological polar surface area (TPSA) is 85.4 Å². The standard InChI is InChI=1S/C20H18F2N4O3/c1-3-29-18-5-4-12(6-17(18)25-11-27)26-20-9-16(23-10-24-20)13-7-14(21)15(22)8-19(13)28-2/h4-11H,3H2,1-2H3,(H,25,27)(H,23,24,26). The van der Waals surface area contributed by atoms with E-state index in [4.69, 9.17) is 9.47 Å². The second kappa shape index (κ2) is 8.96. The molecule has 0 saturated heterocycles. The molecule has 0 radical (unpaired) electrons. The molecule has 9 heteroatoms. The number of nitrogens with zero attached hydrogens (tertiary/aromatic N) is 2. The minimum absolute atomic E-state index is 0.145. The zero-order valence-electron chi connectivity index (χ0n) is 15.7. The molecule has 0 atom stereocenters. The summed E-state index contributed by atoms with van der Waals surface area (Å²) >= 11 is 0. The number of amides is 1. The Morgan fingerprint density at radius 3 is 2.59 bits per heavy atom. The van der Waals surface area contributed by atoms with E-state index in [1.54, 1.807) is 24.3 Å².